The summed E-state index contributed by atoms with van der Waals surface area (Å²) in [5, 5.41) is 6.14. The minimum atomic E-state index is -0.526. The van der Waals surface area contributed by atoms with Gasteiger partial charge in [-0.2, -0.15) is 0 Å². The Labute approximate surface area is 311 Å². The Kier molecular flexibility index (Phi) is 5.60. The van der Waals surface area contributed by atoms with Crippen LogP contribution in [0.15, 0.2) is 188 Å². The van der Waals surface area contributed by atoms with E-state index in [4.69, 9.17) is 24.5 Å². The first-order valence-electron chi connectivity index (χ1n) is 20.5. The summed E-state index contributed by atoms with van der Waals surface area (Å²) >= 11 is 0. The average Bonchev–Trinajstić information content (AvgIpc) is 3.28. The van der Waals surface area contributed by atoms with E-state index in [2.05, 4.69) is 72.8 Å². The fraction of sp³-hybridized carbons (Fsp3) is 0. The summed E-state index contributed by atoms with van der Waals surface area (Å²) in [5.41, 5.74) is 5.46. The maximum Gasteiger partial charge on any atom is 0.164 e. The quantitative estimate of drug-likeness (QED) is 0.171. The lowest BCUT2D eigenvalue weighted by atomic mass is 9.97. The minimum absolute atomic E-state index is 0.0394. The Morgan fingerprint density at radius 2 is 0.808 bits per heavy atom. The summed E-state index contributed by atoms with van der Waals surface area (Å²) in [5.74, 6) is 0.510. The lowest BCUT2D eigenvalue weighted by Gasteiger charge is -2.12. The van der Waals surface area contributed by atoms with Crippen LogP contribution in [-0.2, 0) is 0 Å². The van der Waals surface area contributed by atoms with Crippen molar-refractivity contribution < 1.29 is 9.60 Å². The molecule has 3 heteroatoms. The second-order valence-corrected chi connectivity index (χ2v) is 12.8. The second-order valence-electron chi connectivity index (χ2n) is 12.8. The monoisotopic (exact) mass is 668 g/mol. The van der Waals surface area contributed by atoms with Crippen molar-refractivity contribution in [1.29, 1.82) is 0 Å². The molecule has 0 aliphatic rings. The van der Waals surface area contributed by atoms with E-state index >= 15 is 0 Å². The lowest BCUT2D eigenvalue weighted by molar-refractivity contribution is 1.08. The molecule has 0 unspecified atom stereocenters. The first-order valence-corrected chi connectivity index (χ1v) is 17.0. The van der Waals surface area contributed by atoms with Crippen LogP contribution in [0.3, 0.4) is 0 Å². The number of hydrogen-bond donors (Lipinski definition) is 0. The van der Waals surface area contributed by atoms with Gasteiger partial charge in [-0.1, -0.05) is 151 Å². The smallest absolute Gasteiger partial charge is 0.164 e. The Balaban J connectivity index is 1.17. The maximum atomic E-state index is 9.10. The van der Waals surface area contributed by atoms with Gasteiger partial charge in [0, 0.05) is 16.7 Å². The largest absolute Gasteiger partial charge is 0.208 e. The van der Waals surface area contributed by atoms with Crippen LogP contribution >= 0.6 is 0 Å². The molecule has 1 heterocycles. The Morgan fingerprint density at radius 1 is 0.308 bits per heavy atom. The van der Waals surface area contributed by atoms with Gasteiger partial charge in [0.15, 0.2) is 17.5 Å². The third kappa shape index (κ3) is 5.46. The number of aromatic nitrogens is 3. The van der Waals surface area contributed by atoms with Crippen LogP contribution in [0.25, 0.3) is 99.5 Å². The lowest BCUT2D eigenvalue weighted by Crippen LogP contribution is -2.00. The van der Waals surface area contributed by atoms with Gasteiger partial charge in [0.05, 0.1) is 9.60 Å². The van der Waals surface area contributed by atoms with E-state index in [9.17, 15) is 0 Å². The first-order chi connectivity index (χ1) is 28.6. The number of rotatable bonds is 5. The molecule has 0 N–H and O–H groups in total. The van der Waals surface area contributed by atoms with Crippen molar-refractivity contribution in [2.45, 2.75) is 0 Å². The van der Waals surface area contributed by atoms with Crippen LogP contribution in [0, 0.1) is 0 Å². The molecule has 52 heavy (non-hydrogen) atoms. The number of benzene rings is 9. The van der Waals surface area contributed by atoms with Gasteiger partial charge in [0.25, 0.3) is 0 Å². The van der Waals surface area contributed by atoms with E-state index in [1.54, 1.807) is 0 Å². The van der Waals surface area contributed by atoms with Gasteiger partial charge in [-0.15, -0.1) is 0 Å². The molecule has 1 aromatic heterocycles. The summed E-state index contributed by atoms with van der Waals surface area (Å²) in [4.78, 5) is 14.8. The predicted molar refractivity (Wildman–Crippen MR) is 217 cm³/mol. The topological polar surface area (TPSA) is 38.7 Å². The van der Waals surface area contributed by atoms with Crippen molar-refractivity contribution in [3.8, 4) is 56.4 Å². The molecule has 3 nitrogen and oxygen atoms in total. The van der Waals surface area contributed by atoms with Gasteiger partial charge in [-0.25, -0.2) is 15.0 Å². The van der Waals surface area contributed by atoms with Crippen molar-refractivity contribution >= 4 is 43.1 Å². The molecule has 0 aliphatic carbocycles. The molecule has 242 valence electrons. The van der Waals surface area contributed by atoms with Gasteiger partial charge in [0.1, 0.15) is 0 Å². The van der Waals surface area contributed by atoms with Crippen molar-refractivity contribution in [2.75, 3.05) is 0 Å². The summed E-state index contributed by atoms with van der Waals surface area (Å²) in [6.45, 7) is 0. The molecule has 0 atom stereocenters. The van der Waals surface area contributed by atoms with E-state index in [1.807, 2.05) is 72.8 Å². The van der Waals surface area contributed by atoms with Gasteiger partial charge in [-0.05, 0) is 102 Å². The first kappa shape index (κ1) is 23.4. The average molecular weight is 669 g/mol. The number of nitrogens with zero attached hydrogens (tertiary/aromatic N) is 3. The van der Waals surface area contributed by atoms with Gasteiger partial charge in [-0.3, -0.25) is 0 Å². The second kappa shape index (κ2) is 12.4. The Hall–Kier alpha value is -6.97. The van der Waals surface area contributed by atoms with Crippen LogP contribution in [0.4, 0.5) is 0 Å². The van der Waals surface area contributed by atoms with E-state index in [-0.39, 0.29) is 33.8 Å². The minimum Gasteiger partial charge on any atom is -0.208 e. The standard InChI is InChI=1S/C49H31N3/c1-2-10-32(11-3-1)37-20-21-40-28-38(22-23-39(40)27-37)36-16-8-17-42(29-36)47-50-48(52-49(51-47)46-19-9-15-33-12-6-7-18-45(33)46)43-25-24-41-26-34-13-4-5-14-35(34)30-44(41)31-43/h1-31H/i6D,7D,9D,12D,15D,18D,19D. The van der Waals surface area contributed by atoms with Crippen LogP contribution in [-0.4, -0.2) is 15.0 Å². The predicted octanol–water partition coefficient (Wildman–Crippen LogP) is 12.8. The molecule has 0 spiro atoms. The van der Waals surface area contributed by atoms with Crippen LogP contribution in [0.2, 0.25) is 0 Å². The maximum absolute atomic E-state index is 9.10. The highest BCUT2D eigenvalue weighted by Crippen LogP contribution is 2.34. The molecule has 0 saturated heterocycles. The molecular formula is C49H31N3. The van der Waals surface area contributed by atoms with Crippen molar-refractivity contribution in [2.24, 2.45) is 0 Å². The molecular weight excluding hydrogens is 631 g/mol. The van der Waals surface area contributed by atoms with Crippen LogP contribution in [0.5, 0.6) is 0 Å². The Morgan fingerprint density at radius 3 is 1.58 bits per heavy atom. The van der Waals surface area contributed by atoms with E-state index in [0.29, 0.717) is 11.1 Å². The summed E-state index contributed by atoms with van der Waals surface area (Å²) in [6.07, 6.45) is 0. The van der Waals surface area contributed by atoms with E-state index in [0.717, 1.165) is 54.6 Å². The van der Waals surface area contributed by atoms with Gasteiger partial charge in [0.2, 0.25) is 0 Å². The molecule has 10 aromatic rings. The highest BCUT2D eigenvalue weighted by Gasteiger charge is 2.15. The van der Waals surface area contributed by atoms with Crippen LogP contribution in [0.1, 0.15) is 9.60 Å². The highest BCUT2D eigenvalue weighted by molar-refractivity contribution is 6.00. The molecule has 0 amide bonds. The zero-order valence-corrected chi connectivity index (χ0v) is 27.7. The molecule has 0 fully saturated rings. The van der Waals surface area contributed by atoms with E-state index in [1.165, 1.54) is 0 Å². The fourth-order valence-electron chi connectivity index (χ4n) is 6.88. The SMILES string of the molecule is [2H]c1c([2H])c([2H])c2c(-c3nc(-c4cccc(-c5ccc6cc(-c7ccccc7)ccc6c5)c4)nc(-c4ccc5cc6ccccc6cc5c4)n3)c([2H])c([2H])c([2H])c2c1[2H]. The molecule has 9 aromatic carbocycles. The Bertz CT molecular complexity index is 3360. The normalized spacial score (nSPS) is 13.3. The fourth-order valence-corrected chi connectivity index (χ4v) is 6.88. The van der Waals surface area contributed by atoms with Gasteiger partial charge < -0.3 is 0 Å². The van der Waals surface area contributed by atoms with E-state index < -0.39 is 42.3 Å². The molecule has 0 radical (unpaired) electrons. The zero-order valence-electron chi connectivity index (χ0n) is 34.7. The number of fused-ring (bicyclic) bond motifs is 4. The third-order valence-corrected chi connectivity index (χ3v) is 9.54. The van der Waals surface area contributed by atoms with Crippen molar-refractivity contribution in [3.05, 3.63) is 188 Å². The van der Waals surface area contributed by atoms with Crippen LogP contribution < -0.4 is 0 Å². The third-order valence-electron chi connectivity index (χ3n) is 9.54. The van der Waals surface area contributed by atoms with Crippen molar-refractivity contribution in [1.82, 2.24) is 15.0 Å². The summed E-state index contributed by atoms with van der Waals surface area (Å²) in [6, 6.07) is 45.9. The zero-order chi connectivity index (χ0) is 40.5. The highest BCUT2D eigenvalue weighted by atomic mass is 15.0. The summed E-state index contributed by atoms with van der Waals surface area (Å²) < 4.78 is 60.9. The molecule has 10 rings (SSSR count). The molecule has 0 bridgehead atoms. The molecule has 0 aliphatic heterocycles. The molecule has 0 saturated carbocycles. The van der Waals surface area contributed by atoms with Crippen molar-refractivity contribution in [3.63, 3.8) is 0 Å². The van der Waals surface area contributed by atoms with Gasteiger partial charge >= 0.3 is 0 Å². The summed E-state index contributed by atoms with van der Waals surface area (Å²) in [7, 11) is 0. The number of hydrogen-bond acceptors (Lipinski definition) is 3.